The Kier molecular flexibility index (Phi) is 6.59. The first-order valence-corrected chi connectivity index (χ1v) is 12.3. The Hall–Kier alpha value is -3.25. The van der Waals surface area contributed by atoms with Crippen LogP contribution in [-0.4, -0.2) is 66.7 Å². The number of hydrogen-bond donors (Lipinski definition) is 0. The molecule has 34 heavy (non-hydrogen) atoms. The van der Waals surface area contributed by atoms with Crippen LogP contribution in [0.3, 0.4) is 0 Å². The standard InChI is InChI=1S/C28H34N4O2/c1-3-28(33)31-16-13-23-22-9-4-5-10-24(22)32(26(23)21-31)15-8-14-29-17-19-30(20-18-29)25-11-6-7-12-27(25)34-2/h3-7,9-12H,1,8,13-21H2,2H3. The van der Waals surface area contributed by atoms with E-state index < -0.39 is 0 Å². The van der Waals surface area contributed by atoms with Crippen molar-refractivity contribution >= 4 is 22.5 Å². The van der Waals surface area contributed by atoms with E-state index in [4.69, 9.17) is 4.74 Å². The highest BCUT2D eigenvalue weighted by Gasteiger charge is 2.26. The van der Waals surface area contributed by atoms with E-state index in [0.29, 0.717) is 6.54 Å². The maximum Gasteiger partial charge on any atom is 0.246 e. The summed E-state index contributed by atoms with van der Waals surface area (Å²) in [6.45, 7) is 11.3. The van der Waals surface area contributed by atoms with Crippen molar-refractivity contribution in [2.45, 2.75) is 25.9 Å². The van der Waals surface area contributed by atoms with Crippen LogP contribution in [-0.2, 0) is 24.3 Å². The first-order chi connectivity index (χ1) is 16.7. The molecule has 2 aliphatic rings. The Labute approximate surface area is 202 Å². The maximum atomic E-state index is 12.3. The summed E-state index contributed by atoms with van der Waals surface area (Å²) >= 11 is 0. The fourth-order valence-corrected chi connectivity index (χ4v) is 5.52. The average Bonchev–Trinajstić information content (AvgIpc) is 3.21. The van der Waals surface area contributed by atoms with E-state index in [-0.39, 0.29) is 5.91 Å². The summed E-state index contributed by atoms with van der Waals surface area (Å²) in [5.74, 6) is 0.972. The number of rotatable bonds is 7. The van der Waals surface area contributed by atoms with E-state index >= 15 is 0 Å². The molecule has 0 aliphatic carbocycles. The van der Waals surface area contributed by atoms with Gasteiger partial charge in [-0.1, -0.05) is 36.9 Å². The molecular formula is C28H34N4O2. The van der Waals surface area contributed by atoms with Crippen molar-refractivity contribution in [1.82, 2.24) is 14.4 Å². The van der Waals surface area contributed by atoms with Gasteiger partial charge in [-0.05, 0) is 49.2 Å². The Bertz CT molecular complexity index is 1180. The van der Waals surface area contributed by atoms with E-state index in [0.717, 1.165) is 64.4 Å². The highest BCUT2D eigenvalue weighted by molar-refractivity contribution is 5.89. The summed E-state index contributed by atoms with van der Waals surface area (Å²) in [7, 11) is 1.74. The Balaban J connectivity index is 1.23. The second kappa shape index (κ2) is 9.94. The molecule has 178 valence electrons. The molecule has 2 aromatic carbocycles. The molecule has 1 saturated heterocycles. The molecule has 0 N–H and O–H groups in total. The number of carbonyl (C=O) groups excluding carboxylic acids is 1. The number of anilines is 1. The van der Waals surface area contributed by atoms with Gasteiger partial charge in [-0.2, -0.15) is 0 Å². The minimum Gasteiger partial charge on any atom is -0.495 e. The number of amides is 1. The highest BCUT2D eigenvalue weighted by atomic mass is 16.5. The first-order valence-electron chi connectivity index (χ1n) is 12.3. The van der Waals surface area contributed by atoms with Gasteiger partial charge in [0.2, 0.25) is 5.91 Å². The number of benzene rings is 2. The zero-order valence-electron chi connectivity index (χ0n) is 20.1. The van der Waals surface area contributed by atoms with Crippen LogP contribution in [0, 0.1) is 0 Å². The summed E-state index contributed by atoms with van der Waals surface area (Å²) in [6.07, 6.45) is 3.44. The molecule has 2 aliphatic heterocycles. The van der Waals surface area contributed by atoms with Crippen LogP contribution in [0.5, 0.6) is 5.75 Å². The van der Waals surface area contributed by atoms with Gasteiger partial charge in [0.1, 0.15) is 5.75 Å². The van der Waals surface area contributed by atoms with Crippen molar-refractivity contribution < 1.29 is 9.53 Å². The van der Waals surface area contributed by atoms with Gasteiger partial charge < -0.3 is 19.1 Å². The van der Waals surface area contributed by atoms with Crippen LogP contribution in [0.2, 0.25) is 0 Å². The van der Waals surface area contributed by atoms with E-state index in [2.05, 4.69) is 57.3 Å². The molecule has 6 heteroatoms. The minimum atomic E-state index is 0.0235. The third kappa shape index (κ3) is 4.30. The summed E-state index contributed by atoms with van der Waals surface area (Å²) in [5, 5.41) is 1.34. The predicted molar refractivity (Wildman–Crippen MR) is 138 cm³/mol. The zero-order chi connectivity index (χ0) is 23.5. The molecule has 3 aromatic rings. The summed E-state index contributed by atoms with van der Waals surface area (Å²) in [6, 6.07) is 17.0. The lowest BCUT2D eigenvalue weighted by Gasteiger charge is -2.36. The van der Waals surface area contributed by atoms with Crippen molar-refractivity contribution in [2.75, 3.05) is 51.3 Å². The zero-order valence-corrected chi connectivity index (χ0v) is 20.1. The van der Waals surface area contributed by atoms with Gasteiger partial charge in [-0.3, -0.25) is 9.69 Å². The molecule has 0 spiro atoms. The SMILES string of the molecule is C=CC(=O)N1CCc2c(n(CCCN3CCN(c4ccccc4OC)CC3)c3ccccc23)C1. The topological polar surface area (TPSA) is 41.0 Å². The van der Waals surface area contributed by atoms with Crippen molar-refractivity contribution in [3.8, 4) is 5.75 Å². The number of para-hydroxylation sites is 3. The van der Waals surface area contributed by atoms with Gasteiger partial charge >= 0.3 is 0 Å². The smallest absolute Gasteiger partial charge is 0.246 e. The molecule has 0 saturated carbocycles. The molecule has 0 atom stereocenters. The number of piperazine rings is 1. The highest BCUT2D eigenvalue weighted by Crippen LogP contribution is 2.32. The molecule has 1 amide bonds. The predicted octanol–water partition coefficient (Wildman–Crippen LogP) is 3.93. The van der Waals surface area contributed by atoms with E-state index in [1.54, 1.807) is 7.11 Å². The van der Waals surface area contributed by atoms with Crippen LogP contribution < -0.4 is 9.64 Å². The number of hydrogen-bond acceptors (Lipinski definition) is 4. The van der Waals surface area contributed by atoms with Crippen molar-refractivity contribution in [3.05, 3.63) is 72.4 Å². The molecule has 0 bridgehead atoms. The normalized spacial score (nSPS) is 16.5. The summed E-state index contributed by atoms with van der Waals surface area (Å²) < 4.78 is 8.01. The number of aromatic nitrogens is 1. The molecule has 3 heterocycles. The monoisotopic (exact) mass is 458 g/mol. The lowest BCUT2D eigenvalue weighted by molar-refractivity contribution is -0.126. The largest absolute Gasteiger partial charge is 0.495 e. The fourth-order valence-electron chi connectivity index (χ4n) is 5.52. The Morgan fingerprint density at radius 1 is 1.00 bits per heavy atom. The molecule has 1 aromatic heterocycles. The van der Waals surface area contributed by atoms with Crippen LogP contribution in [0.15, 0.2) is 61.2 Å². The first kappa shape index (κ1) is 22.5. The molecule has 0 unspecified atom stereocenters. The quantitative estimate of drug-likeness (QED) is 0.503. The number of carbonyl (C=O) groups is 1. The fraction of sp³-hybridized carbons (Fsp3) is 0.393. The summed E-state index contributed by atoms with van der Waals surface area (Å²) in [4.78, 5) is 19.2. The number of methoxy groups -OCH3 is 1. The molecule has 6 nitrogen and oxygen atoms in total. The van der Waals surface area contributed by atoms with Gasteiger partial charge in [0, 0.05) is 55.9 Å². The molecule has 1 fully saturated rings. The number of fused-ring (bicyclic) bond motifs is 3. The van der Waals surface area contributed by atoms with Crippen molar-refractivity contribution in [2.24, 2.45) is 0 Å². The third-order valence-electron chi connectivity index (χ3n) is 7.31. The van der Waals surface area contributed by atoms with Crippen LogP contribution >= 0.6 is 0 Å². The van der Waals surface area contributed by atoms with Gasteiger partial charge in [0.05, 0.1) is 19.3 Å². The lowest BCUT2D eigenvalue weighted by atomic mass is 10.0. The Morgan fingerprint density at radius 2 is 1.76 bits per heavy atom. The van der Waals surface area contributed by atoms with Crippen molar-refractivity contribution in [3.63, 3.8) is 0 Å². The number of nitrogens with zero attached hydrogens (tertiary/aromatic N) is 4. The second-order valence-corrected chi connectivity index (χ2v) is 9.16. The van der Waals surface area contributed by atoms with E-state index in [1.165, 1.54) is 33.9 Å². The second-order valence-electron chi connectivity index (χ2n) is 9.16. The summed E-state index contributed by atoms with van der Waals surface area (Å²) in [5.41, 5.74) is 5.19. The lowest BCUT2D eigenvalue weighted by Crippen LogP contribution is -2.46. The Morgan fingerprint density at radius 3 is 2.56 bits per heavy atom. The van der Waals surface area contributed by atoms with Gasteiger partial charge in [0.25, 0.3) is 0 Å². The maximum absolute atomic E-state index is 12.3. The van der Waals surface area contributed by atoms with Crippen LogP contribution in [0.1, 0.15) is 17.7 Å². The number of ether oxygens (including phenoxy) is 1. The van der Waals surface area contributed by atoms with Crippen LogP contribution in [0.4, 0.5) is 5.69 Å². The minimum absolute atomic E-state index is 0.0235. The third-order valence-corrected chi connectivity index (χ3v) is 7.31. The van der Waals surface area contributed by atoms with Crippen LogP contribution in [0.25, 0.3) is 10.9 Å². The van der Waals surface area contributed by atoms with Crippen molar-refractivity contribution in [1.29, 1.82) is 0 Å². The molecule has 5 rings (SSSR count). The van der Waals surface area contributed by atoms with Gasteiger partial charge in [0.15, 0.2) is 0 Å². The van der Waals surface area contributed by atoms with E-state index in [9.17, 15) is 4.79 Å². The average molecular weight is 459 g/mol. The molecule has 0 radical (unpaired) electrons. The van der Waals surface area contributed by atoms with Gasteiger partial charge in [-0.25, -0.2) is 0 Å². The number of aryl methyl sites for hydroxylation is 1. The van der Waals surface area contributed by atoms with Gasteiger partial charge in [-0.15, -0.1) is 0 Å². The van der Waals surface area contributed by atoms with E-state index in [1.807, 2.05) is 17.0 Å². The molecular weight excluding hydrogens is 424 g/mol.